The predicted molar refractivity (Wildman–Crippen MR) is 80.3 cm³/mol. The fourth-order valence-electron chi connectivity index (χ4n) is 1.77. The van der Waals surface area contributed by atoms with Crippen molar-refractivity contribution in [3.8, 4) is 0 Å². The van der Waals surface area contributed by atoms with E-state index in [0.29, 0.717) is 11.4 Å². The van der Waals surface area contributed by atoms with Gasteiger partial charge in [0.2, 0.25) is 0 Å². The highest BCUT2D eigenvalue weighted by Gasteiger charge is 2.20. The Morgan fingerprint density at radius 2 is 2.09 bits per heavy atom. The molecule has 1 heterocycles. The van der Waals surface area contributed by atoms with Crippen molar-refractivity contribution in [1.82, 2.24) is 4.57 Å². The lowest BCUT2D eigenvalue weighted by molar-refractivity contribution is -0.123. The molecular weight excluding hydrogens is 311 g/mol. The average Bonchev–Trinajstić information content (AvgIpc) is 2.89. The Labute approximate surface area is 131 Å². The smallest absolute Gasteiger partial charge is 0.355 e. The van der Waals surface area contributed by atoms with Crippen LogP contribution in [0.4, 0.5) is 10.1 Å². The van der Waals surface area contributed by atoms with E-state index in [1.54, 1.807) is 29.9 Å². The summed E-state index contributed by atoms with van der Waals surface area (Å²) in [5.41, 5.74) is 0.655. The van der Waals surface area contributed by atoms with Gasteiger partial charge in [0.1, 0.15) is 11.5 Å². The summed E-state index contributed by atoms with van der Waals surface area (Å²) in [6.07, 6.45) is 0.688. The molecule has 0 saturated heterocycles. The van der Waals surface area contributed by atoms with Crippen LogP contribution < -0.4 is 5.32 Å². The third-order valence-corrected chi connectivity index (χ3v) is 3.28. The zero-order valence-corrected chi connectivity index (χ0v) is 12.7. The molecular formula is C15H14ClFN2O3. The molecule has 1 aromatic heterocycles. The summed E-state index contributed by atoms with van der Waals surface area (Å²) in [5.74, 6) is -1.72. The van der Waals surface area contributed by atoms with Crippen molar-refractivity contribution < 1.29 is 18.7 Å². The number of carbonyl (C=O) groups is 2. The Morgan fingerprint density at radius 3 is 2.68 bits per heavy atom. The van der Waals surface area contributed by atoms with Crippen LogP contribution in [-0.4, -0.2) is 22.5 Å². The van der Waals surface area contributed by atoms with Crippen LogP contribution in [0.25, 0.3) is 0 Å². The number of hydrogen-bond donors (Lipinski definition) is 1. The van der Waals surface area contributed by atoms with E-state index in [4.69, 9.17) is 16.3 Å². The first-order chi connectivity index (χ1) is 10.4. The summed E-state index contributed by atoms with van der Waals surface area (Å²) in [5, 5.41) is 2.40. The van der Waals surface area contributed by atoms with E-state index in [0.717, 1.165) is 6.07 Å². The molecule has 2 aromatic rings. The van der Waals surface area contributed by atoms with Gasteiger partial charge in [0, 0.05) is 18.9 Å². The lowest BCUT2D eigenvalue weighted by Crippen LogP contribution is -2.30. The number of rotatable bonds is 4. The molecule has 0 fully saturated rings. The Morgan fingerprint density at radius 1 is 1.36 bits per heavy atom. The first kappa shape index (κ1) is 16.0. The Balaban J connectivity index is 1.98. The fraction of sp³-hybridized carbons (Fsp3) is 0.200. The largest absolute Gasteiger partial charge is 0.448 e. The molecule has 5 nitrogen and oxygen atoms in total. The van der Waals surface area contributed by atoms with Crippen molar-refractivity contribution >= 4 is 29.2 Å². The molecule has 0 bridgehead atoms. The fourth-order valence-corrected chi connectivity index (χ4v) is 1.95. The molecule has 0 unspecified atom stereocenters. The second-order valence-corrected chi connectivity index (χ2v) is 5.08. The first-order valence-corrected chi connectivity index (χ1v) is 6.84. The van der Waals surface area contributed by atoms with Crippen LogP contribution in [0.5, 0.6) is 0 Å². The third kappa shape index (κ3) is 3.65. The molecule has 7 heteroatoms. The van der Waals surface area contributed by atoms with Gasteiger partial charge in [-0.25, -0.2) is 9.18 Å². The SMILES string of the molecule is C[C@H](OC(=O)c1cccn1C)C(=O)Nc1ccc(F)c(Cl)c1. The van der Waals surface area contributed by atoms with Crippen LogP contribution in [0.3, 0.4) is 0 Å². The van der Waals surface area contributed by atoms with E-state index in [9.17, 15) is 14.0 Å². The predicted octanol–water partition coefficient (Wildman–Crippen LogP) is 3.00. The summed E-state index contributed by atoms with van der Waals surface area (Å²) < 4.78 is 19.7. The molecule has 1 aromatic carbocycles. The number of aryl methyl sites for hydroxylation is 1. The molecule has 2 rings (SSSR count). The Bertz CT molecular complexity index is 715. The van der Waals surface area contributed by atoms with Gasteiger partial charge in [0.05, 0.1) is 5.02 Å². The van der Waals surface area contributed by atoms with Gasteiger partial charge in [0.25, 0.3) is 5.91 Å². The van der Waals surface area contributed by atoms with Gasteiger partial charge in [0.15, 0.2) is 6.10 Å². The number of esters is 1. The zero-order chi connectivity index (χ0) is 16.3. The molecule has 22 heavy (non-hydrogen) atoms. The first-order valence-electron chi connectivity index (χ1n) is 6.46. The van der Waals surface area contributed by atoms with Gasteiger partial charge in [-0.05, 0) is 37.3 Å². The Hall–Kier alpha value is -2.34. The summed E-state index contributed by atoms with van der Waals surface area (Å²) in [6, 6.07) is 7.07. The minimum atomic E-state index is -1.01. The van der Waals surface area contributed by atoms with Gasteiger partial charge in [-0.15, -0.1) is 0 Å². The van der Waals surface area contributed by atoms with Crippen molar-refractivity contribution in [2.24, 2.45) is 7.05 Å². The number of nitrogens with zero attached hydrogens (tertiary/aromatic N) is 1. The Kier molecular flexibility index (Phi) is 4.82. The number of halogens is 2. The van der Waals surface area contributed by atoms with Crippen LogP contribution in [0.15, 0.2) is 36.5 Å². The molecule has 1 N–H and O–H groups in total. The van der Waals surface area contributed by atoms with Gasteiger partial charge in [-0.3, -0.25) is 4.79 Å². The number of hydrogen-bond acceptors (Lipinski definition) is 3. The van der Waals surface area contributed by atoms with E-state index in [-0.39, 0.29) is 5.02 Å². The molecule has 116 valence electrons. The summed E-state index contributed by atoms with van der Waals surface area (Å²) in [7, 11) is 1.70. The number of benzene rings is 1. The monoisotopic (exact) mass is 324 g/mol. The van der Waals surface area contributed by atoms with Crippen LogP contribution in [0.1, 0.15) is 17.4 Å². The van der Waals surface area contributed by atoms with E-state index < -0.39 is 23.8 Å². The molecule has 1 atom stereocenters. The summed E-state index contributed by atoms with van der Waals surface area (Å²) in [4.78, 5) is 23.9. The highest BCUT2D eigenvalue weighted by atomic mass is 35.5. The number of amides is 1. The van der Waals surface area contributed by atoms with Crippen molar-refractivity contribution in [3.05, 3.63) is 53.1 Å². The number of nitrogens with one attached hydrogen (secondary N) is 1. The van der Waals surface area contributed by atoms with Gasteiger partial charge >= 0.3 is 5.97 Å². The van der Waals surface area contributed by atoms with E-state index in [1.807, 2.05) is 0 Å². The maximum absolute atomic E-state index is 13.0. The number of aromatic nitrogens is 1. The van der Waals surface area contributed by atoms with E-state index in [1.165, 1.54) is 19.1 Å². The quantitative estimate of drug-likeness (QED) is 0.879. The third-order valence-electron chi connectivity index (χ3n) is 2.99. The molecule has 1 amide bonds. The van der Waals surface area contributed by atoms with Gasteiger partial charge < -0.3 is 14.6 Å². The van der Waals surface area contributed by atoms with Crippen molar-refractivity contribution in [1.29, 1.82) is 0 Å². The second-order valence-electron chi connectivity index (χ2n) is 4.67. The normalized spacial score (nSPS) is 11.8. The second kappa shape index (κ2) is 6.62. The molecule has 0 aliphatic carbocycles. The van der Waals surface area contributed by atoms with E-state index in [2.05, 4.69) is 5.32 Å². The van der Waals surface area contributed by atoms with E-state index >= 15 is 0 Å². The number of carbonyl (C=O) groups excluding carboxylic acids is 2. The average molecular weight is 325 g/mol. The van der Waals surface area contributed by atoms with Crippen molar-refractivity contribution in [2.75, 3.05) is 5.32 Å². The summed E-state index contributed by atoms with van der Waals surface area (Å²) >= 11 is 5.63. The highest BCUT2D eigenvalue weighted by Crippen LogP contribution is 2.19. The van der Waals surface area contributed by atoms with Crippen LogP contribution in [0.2, 0.25) is 5.02 Å². The minimum Gasteiger partial charge on any atom is -0.448 e. The number of ether oxygens (including phenoxy) is 1. The van der Waals surface area contributed by atoms with Crippen LogP contribution >= 0.6 is 11.6 Å². The highest BCUT2D eigenvalue weighted by molar-refractivity contribution is 6.31. The van der Waals surface area contributed by atoms with Crippen LogP contribution in [0, 0.1) is 5.82 Å². The maximum atomic E-state index is 13.0. The lowest BCUT2D eigenvalue weighted by Gasteiger charge is -2.14. The van der Waals surface area contributed by atoms with Crippen LogP contribution in [-0.2, 0) is 16.6 Å². The topological polar surface area (TPSA) is 60.3 Å². The molecule has 0 aliphatic heterocycles. The summed E-state index contributed by atoms with van der Waals surface area (Å²) in [6.45, 7) is 1.45. The van der Waals surface area contributed by atoms with Crippen molar-refractivity contribution in [3.63, 3.8) is 0 Å². The maximum Gasteiger partial charge on any atom is 0.355 e. The molecule has 0 aliphatic rings. The zero-order valence-electron chi connectivity index (χ0n) is 12.0. The van der Waals surface area contributed by atoms with Crippen molar-refractivity contribution in [2.45, 2.75) is 13.0 Å². The van der Waals surface area contributed by atoms with Gasteiger partial charge in [-0.1, -0.05) is 11.6 Å². The van der Waals surface area contributed by atoms with Gasteiger partial charge in [-0.2, -0.15) is 0 Å². The lowest BCUT2D eigenvalue weighted by atomic mass is 10.3. The number of anilines is 1. The standard InChI is InChI=1S/C15H14ClFN2O3/c1-9(22-15(21)13-4-3-7-19(13)2)14(20)18-10-5-6-12(17)11(16)8-10/h3-9H,1-2H3,(H,18,20)/t9-/m0/s1. The minimum absolute atomic E-state index is 0.105. The molecule has 0 radical (unpaired) electrons. The molecule has 0 spiro atoms. The molecule has 0 saturated carbocycles.